The Hall–Kier alpha value is -3.99. The summed E-state index contributed by atoms with van der Waals surface area (Å²) in [7, 11) is 0. The fraction of sp³-hybridized carbons (Fsp3) is 0.190. The van der Waals surface area contributed by atoms with Crippen LogP contribution in [-0.4, -0.2) is 34.6 Å². The molecular weight excluding hydrogens is 372 g/mol. The topological polar surface area (TPSA) is 119 Å². The van der Waals surface area contributed by atoms with Crippen LogP contribution in [-0.2, 0) is 4.79 Å². The van der Waals surface area contributed by atoms with Crippen molar-refractivity contribution >= 4 is 35.0 Å². The van der Waals surface area contributed by atoms with Gasteiger partial charge in [-0.2, -0.15) is 5.26 Å². The minimum absolute atomic E-state index is 0.203. The van der Waals surface area contributed by atoms with Crippen molar-refractivity contribution in [3.05, 3.63) is 59.2 Å². The summed E-state index contributed by atoms with van der Waals surface area (Å²) in [5.74, 6) is -1.70. The zero-order valence-corrected chi connectivity index (χ0v) is 15.9. The third-order valence-electron chi connectivity index (χ3n) is 4.34. The number of imide groups is 1. The van der Waals surface area contributed by atoms with Crippen LogP contribution >= 0.6 is 0 Å². The van der Waals surface area contributed by atoms with Gasteiger partial charge in [-0.25, -0.2) is 0 Å². The quantitative estimate of drug-likeness (QED) is 0.761. The van der Waals surface area contributed by atoms with Crippen LogP contribution in [0.4, 0.5) is 11.4 Å². The normalized spacial score (nSPS) is 12.6. The number of carbonyl (C=O) groups is 4. The van der Waals surface area contributed by atoms with Crippen molar-refractivity contribution in [1.82, 2.24) is 4.90 Å². The van der Waals surface area contributed by atoms with E-state index in [1.54, 1.807) is 44.2 Å². The highest BCUT2D eigenvalue weighted by molar-refractivity contribution is 6.22. The first-order valence-electron chi connectivity index (χ1n) is 8.92. The number of amides is 4. The average molecular weight is 390 g/mol. The number of hydrogen-bond donors (Lipinski definition) is 2. The first kappa shape index (κ1) is 19.8. The highest BCUT2D eigenvalue weighted by Gasteiger charge is 2.37. The number of anilines is 2. The standard InChI is InChI=1S/C21H18N4O4/c1-12(2)25-20(28)16-7-6-13(10-17(16)21(25)29)19(27)24-15-5-3-4-14(11-15)23-18(26)8-9-22/h3-7,10-12H,8H2,1-2H3,(H,23,26)(H,24,27). The van der Waals surface area contributed by atoms with Crippen molar-refractivity contribution in [1.29, 1.82) is 5.26 Å². The van der Waals surface area contributed by atoms with E-state index in [0.29, 0.717) is 11.4 Å². The molecule has 0 aromatic heterocycles. The van der Waals surface area contributed by atoms with Crippen LogP contribution in [0.25, 0.3) is 0 Å². The van der Waals surface area contributed by atoms with E-state index < -0.39 is 17.7 Å². The molecule has 0 spiro atoms. The molecule has 4 amide bonds. The Bertz CT molecular complexity index is 1070. The molecule has 0 saturated heterocycles. The first-order valence-corrected chi connectivity index (χ1v) is 8.92. The van der Waals surface area contributed by atoms with Crippen LogP contribution in [0, 0.1) is 11.3 Å². The highest BCUT2D eigenvalue weighted by atomic mass is 16.2. The van der Waals surface area contributed by atoms with Gasteiger partial charge in [0.05, 0.1) is 17.2 Å². The van der Waals surface area contributed by atoms with Gasteiger partial charge in [0, 0.05) is 23.0 Å². The molecule has 1 heterocycles. The lowest BCUT2D eigenvalue weighted by Crippen LogP contribution is -2.35. The first-order chi connectivity index (χ1) is 13.8. The summed E-state index contributed by atoms with van der Waals surface area (Å²) in [5.41, 5.74) is 1.58. The van der Waals surface area contributed by atoms with Gasteiger partial charge >= 0.3 is 0 Å². The summed E-state index contributed by atoms with van der Waals surface area (Å²) in [6.07, 6.45) is -0.272. The zero-order valence-electron chi connectivity index (χ0n) is 15.9. The van der Waals surface area contributed by atoms with Gasteiger partial charge in [-0.05, 0) is 50.2 Å². The molecule has 2 N–H and O–H groups in total. The smallest absolute Gasteiger partial charge is 0.261 e. The molecule has 8 heteroatoms. The Morgan fingerprint density at radius 2 is 1.66 bits per heavy atom. The number of rotatable bonds is 5. The van der Waals surface area contributed by atoms with Crippen LogP contribution in [0.1, 0.15) is 51.3 Å². The number of hydrogen-bond acceptors (Lipinski definition) is 5. The van der Waals surface area contributed by atoms with Crippen molar-refractivity contribution < 1.29 is 19.2 Å². The molecule has 0 unspecified atom stereocenters. The van der Waals surface area contributed by atoms with E-state index in [0.717, 1.165) is 0 Å². The van der Waals surface area contributed by atoms with Crippen molar-refractivity contribution in [2.75, 3.05) is 10.6 Å². The Morgan fingerprint density at radius 1 is 1.00 bits per heavy atom. The van der Waals surface area contributed by atoms with Gasteiger partial charge in [-0.3, -0.25) is 24.1 Å². The average Bonchev–Trinajstić information content (AvgIpc) is 2.92. The molecule has 0 saturated carbocycles. The lowest BCUT2D eigenvalue weighted by Gasteiger charge is -2.17. The molecule has 1 aliphatic rings. The van der Waals surface area contributed by atoms with E-state index in [1.807, 2.05) is 0 Å². The summed E-state index contributed by atoms with van der Waals surface area (Å²) in [6, 6.07) is 12.3. The largest absolute Gasteiger partial charge is 0.325 e. The number of nitriles is 1. The third kappa shape index (κ3) is 3.99. The van der Waals surface area contributed by atoms with Crippen LogP contribution < -0.4 is 10.6 Å². The molecule has 0 aliphatic carbocycles. The van der Waals surface area contributed by atoms with Crippen LogP contribution in [0.15, 0.2) is 42.5 Å². The zero-order chi connectivity index (χ0) is 21.1. The SMILES string of the molecule is CC(C)N1C(=O)c2ccc(C(=O)Nc3cccc(NC(=O)CC#N)c3)cc2C1=O. The molecule has 146 valence electrons. The molecular formula is C21H18N4O4. The predicted molar refractivity (Wildman–Crippen MR) is 105 cm³/mol. The minimum Gasteiger partial charge on any atom is -0.325 e. The summed E-state index contributed by atoms with van der Waals surface area (Å²) < 4.78 is 0. The van der Waals surface area contributed by atoms with Crippen LogP contribution in [0.2, 0.25) is 0 Å². The van der Waals surface area contributed by atoms with E-state index >= 15 is 0 Å². The lowest BCUT2D eigenvalue weighted by molar-refractivity contribution is -0.115. The van der Waals surface area contributed by atoms with E-state index in [1.165, 1.54) is 23.1 Å². The van der Waals surface area contributed by atoms with Gasteiger partial charge in [0.1, 0.15) is 6.42 Å². The number of nitrogens with zero attached hydrogens (tertiary/aromatic N) is 2. The maximum Gasteiger partial charge on any atom is 0.261 e. The van der Waals surface area contributed by atoms with Gasteiger partial charge in [0.2, 0.25) is 5.91 Å². The second-order valence-corrected chi connectivity index (χ2v) is 6.75. The summed E-state index contributed by atoms with van der Waals surface area (Å²) in [4.78, 5) is 50.1. The molecule has 0 atom stereocenters. The Kier molecular flexibility index (Phi) is 5.41. The molecule has 0 fully saturated rings. The number of carbonyl (C=O) groups excluding carboxylic acids is 4. The van der Waals surface area contributed by atoms with Gasteiger partial charge in [-0.1, -0.05) is 6.07 Å². The van der Waals surface area contributed by atoms with E-state index in [4.69, 9.17) is 5.26 Å². The third-order valence-corrected chi connectivity index (χ3v) is 4.34. The number of benzene rings is 2. The van der Waals surface area contributed by atoms with E-state index in [2.05, 4.69) is 10.6 Å². The molecule has 8 nitrogen and oxygen atoms in total. The highest BCUT2D eigenvalue weighted by Crippen LogP contribution is 2.26. The maximum atomic E-state index is 12.6. The van der Waals surface area contributed by atoms with Crippen LogP contribution in [0.3, 0.4) is 0 Å². The molecule has 0 radical (unpaired) electrons. The number of fused-ring (bicyclic) bond motifs is 1. The van der Waals surface area contributed by atoms with Crippen LogP contribution in [0.5, 0.6) is 0 Å². The predicted octanol–water partition coefficient (Wildman–Crippen LogP) is 2.80. The van der Waals surface area contributed by atoms with Gasteiger partial charge in [0.25, 0.3) is 17.7 Å². The van der Waals surface area contributed by atoms with Gasteiger partial charge < -0.3 is 10.6 Å². The van der Waals surface area contributed by atoms with Gasteiger partial charge in [0.15, 0.2) is 0 Å². The monoisotopic (exact) mass is 390 g/mol. The van der Waals surface area contributed by atoms with Crippen molar-refractivity contribution in [3.63, 3.8) is 0 Å². The Morgan fingerprint density at radius 3 is 2.31 bits per heavy atom. The van der Waals surface area contributed by atoms with Crippen molar-refractivity contribution in [2.45, 2.75) is 26.3 Å². The molecule has 2 aromatic carbocycles. The second-order valence-electron chi connectivity index (χ2n) is 6.75. The summed E-state index contributed by atoms with van der Waals surface area (Å²) in [5, 5.41) is 13.8. The molecule has 0 bridgehead atoms. The Balaban J connectivity index is 1.78. The molecule has 1 aliphatic heterocycles. The fourth-order valence-electron chi connectivity index (χ4n) is 3.02. The fourth-order valence-corrected chi connectivity index (χ4v) is 3.02. The molecule has 3 rings (SSSR count). The maximum absolute atomic E-state index is 12.6. The number of nitrogens with one attached hydrogen (secondary N) is 2. The van der Waals surface area contributed by atoms with E-state index in [-0.39, 0.29) is 35.1 Å². The van der Waals surface area contributed by atoms with Crippen molar-refractivity contribution in [2.24, 2.45) is 0 Å². The summed E-state index contributed by atoms with van der Waals surface area (Å²) >= 11 is 0. The minimum atomic E-state index is -0.462. The van der Waals surface area contributed by atoms with Gasteiger partial charge in [-0.15, -0.1) is 0 Å². The van der Waals surface area contributed by atoms with E-state index in [9.17, 15) is 19.2 Å². The molecule has 2 aromatic rings. The Labute approximate surface area is 167 Å². The summed E-state index contributed by atoms with van der Waals surface area (Å²) in [6.45, 7) is 3.50. The molecule has 29 heavy (non-hydrogen) atoms. The lowest BCUT2D eigenvalue weighted by atomic mass is 10.1. The van der Waals surface area contributed by atoms with Crippen molar-refractivity contribution in [3.8, 4) is 6.07 Å². The second kappa shape index (κ2) is 7.94.